The Kier molecular flexibility index (Phi) is 7.83. The molecule has 18 heteroatoms. The maximum absolute atomic E-state index is 15.0. The number of hydrogen-bond donors (Lipinski definition) is 1. The number of pyridine rings is 1. The molecule has 0 saturated carbocycles. The quantitative estimate of drug-likeness (QED) is 0.303. The van der Waals surface area contributed by atoms with Gasteiger partial charge in [-0.25, -0.2) is 27.9 Å². The molecule has 0 aromatic carbocycles. The van der Waals surface area contributed by atoms with Crippen molar-refractivity contribution in [2.75, 3.05) is 11.9 Å². The zero-order chi connectivity index (χ0) is 30.5. The molecule has 3 aromatic heterocycles. The number of anilines is 1. The van der Waals surface area contributed by atoms with E-state index in [0.717, 1.165) is 32.7 Å². The van der Waals surface area contributed by atoms with E-state index in [2.05, 4.69) is 41.4 Å². The van der Waals surface area contributed by atoms with Gasteiger partial charge in [0.1, 0.15) is 29.1 Å². The average Bonchev–Trinajstić information content (AvgIpc) is 3.52. The number of alkyl halides is 5. The summed E-state index contributed by atoms with van der Waals surface area (Å²) in [5.41, 5.74) is -2.17. The van der Waals surface area contributed by atoms with Gasteiger partial charge in [-0.05, 0) is 49.7 Å². The van der Waals surface area contributed by atoms with Crippen LogP contribution in [0.25, 0.3) is 5.82 Å². The monoisotopic (exact) mass is 652 g/mol. The summed E-state index contributed by atoms with van der Waals surface area (Å²) >= 11 is 3.09. The lowest BCUT2D eigenvalue weighted by Gasteiger charge is -2.27. The molecular formula is C23H23BrF6N8O3. The number of carbonyl (C=O) groups is 2. The smallest absolute Gasteiger partial charge is 0.435 e. The van der Waals surface area contributed by atoms with Crippen LogP contribution in [0.5, 0.6) is 0 Å². The third kappa shape index (κ3) is 6.97. The zero-order valence-corrected chi connectivity index (χ0v) is 23.5. The molecule has 4 heterocycles. The highest BCUT2D eigenvalue weighted by Gasteiger charge is 2.50. The number of nitrogens with one attached hydrogen (secondary N) is 1. The molecular weight excluding hydrogens is 630 g/mol. The molecule has 222 valence electrons. The van der Waals surface area contributed by atoms with Gasteiger partial charge in [-0.15, -0.1) is 5.10 Å². The predicted octanol–water partition coefficient (Wildman–Crippen LogP) is 5.04. The fraction of sp³-hybridized carbons (Fsp3) is 0.478. The summed E-state index contributed by atoms with van der Waals surface area (Å²) < 4.78 is 89.0. The summed E-state index contributed by atoms with van der Waals surface area (Å²) in [6.07, 6.45) is -5.43. The van der Waals surface area contributed by atoms with E-state index in [0.29, 0.717) is 0 Å². The van der Waals surface area contributed by atoms with Gasteiger partial charge >= 0.3 is 12.3 Å². The van der Waals surface area contributed by atoms with Gasteiger partial charge in [0.25, 0.3) is 5.92 Å². The van der Waals surface area contributed by atoms with E-state index in [4.69, 9.17) is 4.74 Å². The molecule has 41 heavy (non-hydrogen) atoms. The van der Waals surface area contributed by atoms with Crippen LogP contribution in [-0.2, 0) is 22.3 Å². The Labute approximate surface area is 237 Å². The van der Waals surface area contributed by atoms with E-state index >= 15 is 4.39 Å². The van der Waals surface area contributed by atoms with E-state index in [1.807, 2.05) is 0 Å². The van der Waals surface area contributed by atoms with Crippen LogP contribution in [0.2, 0.25) is 0 Å². The first-order chi connectivity index (χ1) is 18.8. The van der Waals surface area contributed by atoms with E-state index < -0.39 is 72.6 Å². The summed E-state index contributed by atoms with van der Waals surface area (Å²) in [4.78, 5) is 33.8. The molecule has 1 aliphatic rings. The third-order valence-electron chi connectivity index (χ3n) is 5.67. The summed E-state index contributed by atoms with van der Waals surface area (Å²) in [5.74, 6) is -5.67. The number of nitrogens with zero attached hydrogens (tertiary/aromatic N) is 7. The molecule has 0 radical (unpaired) electrons. The fourth-order valence-corrected chi connectivity index (χ4v) is 4.31. The normalized spacial score (nSPS) is 17.1. The van der Waals surface area contributed by atoms with Crippen LogP contribution < -0.4 is 5.32 Å². The maximum Gasteiger partial charge on any atom is 0.435 e. The molecule has 3 aromatic rings. The van der Waals surface area contributed by atoms with Gasteiger partial charge in [0, 0.05) is 18.2 Å². The van der Waals surface area contributed by atoms with Crippen LogP contribution in [0.3, 0.4) is 0 Å². The highest BCUT2D eigenvalue weighted by atomic mass is 79.9. The molecule has 1 atom stereocenters. The first-order valence-electron chi connectivity index (χ1n) is 11.9. The molecule has 11 nitrogen and oxygen atoms in total. The van der Waals surface area contributed by atoms with Gasteiger partial charge < -0.3 is 10.1 Å². The van der Waals surface area contributed by atoms with E-state index in [1.54, 1.807) is 20.8 Å². The van der Waals surface area contributed by atoms with Gasteiger partial charge in [-0.1, -0.05) is 0 Å². The number of hydrogen-bond acceptors (Lipinski definition) is 7. The summed E-state index contributed by atoms with van der Waals surface area (Å²) in [6.45, 7) is 4.59. The standard InChI is InChI=1S/C23H23BrF6N8O3/c1-11-5-15(23(28,29)30)34-37(11)8-16(39)32-13-6-12(25)19(33-17(13)24)38-10-31-18(35-38)14-7-22(26,27)9-36(14)20(40)41-21(2,3)4/h5-6,10,14H,7-9H2,1-4H3,(H,32,39)/t14-/m0/s1. The molecule has 0 aliphatic carbocycles. The number of likely N-dealkylation sites (tertiary alicyclic amines) is 1. The second-order valence-electron chi connectivity index (χ2n) is 10.2. The summed E-state index contributed by atoms with van der Waals surface area (Å²) in [6, 6.07) is 0.402. The van der Waals surface area contributed by atoms with Gasteiger partial charge in [0.15, 0.2) is 23.2 Å². The number of ether oxygens (including phenoxy) is 1. The fourth-order valence-electron chi connectivity index (χ4n) is 3.93. The van der Waals surface area contributed by atoms with Crippen LogP contribution >= 0.6 is 15.9 Å². The number of halogens is 7. The minimum atomic E-state index is -4.69. The molecule has 1 fully saturated rings. The van der Waals surface area contributed by atoms with E-state index in [1.165, 1.54) is 6.92 Å². The lowest BCUT2D eigenvalue weighted by molar-refractivity contribution is -0.141. The Morgan fingerprint density at radius 2 is 1.88 bits per heavy atom. The zero-order valence-electron chi connectivity index (χ0n) is 21.9. The second-order valence-corrected chi connectivity index (χ2v) is 11.0. The van der Waals surface area contributed by atoms with E-state index in [-0.39, 0.29) is 21.8 Å². The lowest BCUT2D eigenvalue weighted by Crippen LogP contribution is -2.38. The molecule has 4 rings (SSSR count). The van der Waals surface area contributed by atoms with Crippen molar-refractivity contribution in [3.63, 3.8) is 0 Å². The van der Waals surface area contributed by atoms with Crippen molar-refractivity contribution in [1.29, 1.82) is 0 Å². The second kappa shape index (κ2) is 10.6. The lowest BCUT2D eigenvalue weighted by atomic mass is 10.2. The number of aryl methyl sites for hydroxylation is 1. The summed E-state index contributed by atoms with van der Waals surface area (Å²) in [7, 11) is 0. The van der Waals surface area contributed by atoms with Crippen molar-refractivity contribution in [1.82, 2.24) is 34.4 Å². The number of rotatable bonds is 5. The van der Waals surface area contributed by atoms with Crippen molar-refractivity contribution in [2.24, 2.45) is 0 Å². The van der Waals surface area contributed by atoms with Gasteiger partial charge in [-0.2, -0.15) is 23.0 Å². The van der Waals surface area contributed by atoms with Crippen molar-refractivity contribution in [2.45, 2.75) is 64.4 Å². The molecule has 1 aliphatic heterocycles. The van der Waals surface area contributed by atoms with Crippen LogP contribution in [0.4, 0.5) is 36.8 Å². The Bertz CT molecular complexity index is 1480. The van der Waals surface area contributed by atoms with Crippen LogP contribution in [0.15, 0.2) is 23.1 Å². The first-order valence-corrected chi connectivity index (χ1v) is 12.7. The number of aromatic nitrogens is 6. The van der Waals surface area contributed by atoms with Gasteiger partial charge in [0.2, 0.25) is 5.91 Å². The summed E-state index contributed by atoms with van der Waals surface area (Å²) in [5, 5.41) is 9.74. The van der Waals surface area contributed by atoms with Crippen molar-refractivity contribution < 1.29 is 40.7 Å². The van der Waals surface area contributed by atoms with Crippen LogP contribution in [0.1, 0.15) is 50.4 Å². The number of carbonyl (C=O) groups excluding carboxylic acids is 2. The van der Waals surface area contributed by atoms with Crippen LogP contribution in [-0.4, -0.2) is 64.5 Å². The van der Waals surface area contributed by atoms with Gasteiger partial charge in [0.05, 0.1) is 12.2 Å². The third-order valence-corrected chi connectivity index (χ3v) is 6.28. The predicted molar refractivity (Wildman–Crippen MR) is 133 cm³/mol. The van der Waals surface area contributed by atoms with Crippen molar-refractivity contribution in [3.8, 4) is 5.82 Å². The average molecular weight is 653 g/mol. The largest absolute Gasteiger partial charge is 0.444 e. The molecule has 0 bridgehead atoms. The molecule has 1 N–H and O–H groups in total. The minimum absolute atomic E-state index is 0.0738. The first kappa shape index (κ1) is 30.3. The highest BCUT2D eigenvalue weighted by Crippen LogP contribution is 2.40. The Morgan fingerprint density at radius 1 is 1.20 bits per heavy atom. The Balaban J connectivity index is 1.52. The molecule has 2 amide bonds. The molecule has 1 saturated heterocycles. The minimum Gasteiger partial charge on any atom is -0.444 e. The molecule has 0 unspecified atom stereocenters. The van der Waals surface area contributed by atoms with Gasteiger partial charge in [-0.3, -0.25) is 14.4 Å². The topological polar surface area (TPSA) is 120 Å². The van der Waals surface area contributed by atoms with Crippen LogP contribution in [0, 0.1) is 12.7 Å². The number of amides is 2. The van der Waals surface area contributed by atoms with E-state index in [9.17, 15) is 31.5 Å². The molecule has 0 spiro atoms. The Hall–Kier alpha value is -3.70. The van der Waals surface area contributed by atoms with Crippen molar-refractivity contribution in [3.05, 3.63) is 46.1 Å². The SMILES string of the molecule is Cc1cc(C(F)(F)F)nn1CC(=O)Nc1cc(F)c(-n2cnc([C@@H]3CC(F)(F)CN3C(=O)OC(C)(C)C)n2)nc1Br. The Morgan fingerprint density at radius 3 is 2.49 bits per heavy atom. The van der Waals surface area contributed by atoms with Crippen molar-refractivity contribution >= 4 is 33.6 Å². The highest BCUT2D eigenvalue weighted by molar-refractivity contribution is 9.10. The maximum atomic E-state index is 15.0.